The lowest BCUT2D eigenvalue weighted by Crippen LogP contribution is -2.27. The van der Waals surface area contributed by atoms with Crippen molar-refractivity contribution in [3.05, 3.63) is 76.5 Å². The van der Waals surface area contributed by atoms with Gasteiger partial charge in [0.05, 0.1) is 13.2 Å². The molecule has 2 heterocycles. The van der Waals surface area contributed by atoms with Gasteiger partial charge in [-0.2, -0.15) is 0 Å². The number of hydrogen-bond donors (Lipinski definition) is 2. The molecule has 2 aliphatic rings. The molecule has 0 radical (unpaired) electrons. The summed E-state index contributed by atoms with van der Waals surface area (Å²) < 4.78 is 38.6. The number of rotatable bonds is 3. The average molecular weight is 424 g/mol. The largest absolute Gasteiger partial charge is 0.497 e. The van der Waals surface area contributed by atoms with Gasteiger partial charge in [0.1, 0.15) is 5.75 Å². The number of carbonyl (C=O) groups is 1. The van der Waals surface area contributed by atoms with Crippen LogP contribution in [0.3, 0.4) is 0 Å². The quantitative estimate of drug-likeness (QED) is 0.647. The Morgan fingerprint density at radius 2 is 1.84 bits per heavy atom. The fraction of sp³-hybridized carbons (Fsp3) is 0.227. The molecule has 9 heteroatoms. The van der Waals surface area contributed by atoms with Gasteiger partial charge in [-0.15, -0.1) is 0 Å². The minimum Gasteiger partial charge on any atom is -0.497 e. The standard InChI is InChI=1S/C22H18F2N4O3/c1-30-13-7-5-11(6-8-13)12-9-16-18(17(29)10-12)20(14-3-2-4-15(23)19(14)24)26-22-21(25-16)27-31-28-22/h2-8,12,20H,9-10H2,1H3,(H,25,27)(H,26,28)/t12-,20-/m0/s1. The minimum absolute atomic E-state index is 0.0152. The Bertz CT molecular complexity index is 1190. The Labute approximate surface area is 176 Å². The molecule has 0 saturated heterocycles. The highest BCUT2D eigenvalue weighted by Crippen LogP contribution is 2.44. The zero-order chi connectivity index (χ0) is 21.5. The number of aromatic nitrogens is 2. The van der Waals surface area contributed by atoms with Crippen LogP contribution in [-0.2, 0) is 4.79 Å². The summed E-state index contributed by atoms with van der Waals surface area (Å²) in [5.74, 6) is -1.04. The fourth-order valence-corrected chi connectivity index (χ4v) is 4.19. The molecule has 0 saturated carbocycles. The van der Waals surface area contributed by atoms with Crippen LogP contribution in [-0.4, -0.2) is 23.2 Å². The van der Waals surface area contributed by atoms with Crippen LogP contribution >= 0.6 is 0 Å². The number of halogens is 2. The summed E-state index contributed by atoms with van der Waals surface area (Å²) in [6.07, 6.45) is 0.715. The number of fused-ring (bicyclic) bond motifs is 1. The number of anilines is 2. The number of allylic oxidation sites excluding steroid dienone is 1. The summed E-state index contributed by atoms with van der Waals surface area (Å²) in [5, 5.41) is 13.7. The van der Waals surface area contributed by atoms with Crippen LogP contribution in [0.2, 0.25) is 0 Å². The molecule has 2 atom stereocenters. The molecular weight excluding hydrogens is 406 g/mol. The van der Waals surface area contributed by atoms with E-state index in [1.807, 2.05) is 24.3 Å². The summed E-state index contributed by atoms with van der Waals surface area (Å²) in [7, 11) is 1.59. The van der Waals surface area contributed by atoms with E-state index in [2.05, 4.69) is 20.9 Å². The molecule has 0 fully saturated rings. The summed E-state index contributed by atoms with van der Waals surface area (Å²) >= 11 is 0. The van der Waals surface area contributed by atoms with Gasteiger partial charge >= 0.3 is 0 Å². The lowest BCUT2D eigenvalue weighted by molar-refractivity contribution is -0.116. The van der Waals surface area contributed by atoms with E-state index in [9.17, 15) is 13.6 Å². The number of ketones is 1. The number of ether oxygens (including phenoxy) is 1. The molecule has 0 unspecified atom stereocenters. The summed E-state index contributed by atoms with van der Waals surface area (Å²) in [4.78, 5) is 13.3. The van der Waals surface area contributed by atoms with Gasteiger partial charge in [0.15, 0.2) is 17.4 Å². The third-order valence-corrected chi connectivity index (χ3v) is 5.72. The molecule has 1 aliphatic carbocycles. The topological polar surface area (TPSA) is 89.3 Å². The van der Waals surface area contributed by atoms with Crippen LogP contribution in [0.25, 0.3) is 0 Å². The first-order valence-corrected chi connectivity index (χ1v) is 9.75. The molecule has 1 aliphatic heterocycles. The predicted molar refractivity (Wildman–Crippen MR) is 108 cm³/mol. The van der Waals surface area contributed by atoms with Crippen LogP contribution in [0.15, 0.2) is 58.4 Å². The maximum Gasteiger partial charge on any atom is 0.219 e. The van der Waals surface area contributed by atoms with Crippen LogP contribution in [0.4, 0.5) is 20.4 Å². The van der Waals surface area contributed by atoms with Gasteiger partial charge in [-0.1, -0.05) is 24.3 Å². The lowest BCUT2D eigenvalue weighted by Gasteiger charge is -2.29. The normalized spacial score (nSPS) is 20.3. The van der Waals surface area contributed by atoms with Gasteiger partial charge in [-0.05, 0) is 46.4 Å². The van der Waals surface area contributed by atoms with E-state index >= 15 is 0 Å². The van der Waals surface area contributed by atoms with E-state index < -0.39 is 17.7 Å². The molecule has 31 heavy (non-hydrogen) atoms. The first-order chi connectivity index (χ1) is 15.0. The Balaban J connectivity index is 1.59. The number of nitrogens with one attached hydrogen (secondary N) is 2. The Morgan fingerprint density at radius 1 is 1.06 bits per heavy atom. The van der Waals surface area contributed by atoms with Crippen molar-refractivity contribution < 1.29 is 22.9 Å². The van der Waals surface area contributed by atoms with E-state index in [1.165, 1.54) is 12.1 Å². The van der Waals surface area contributed by atoms with Gasteiger partial charge in [0.25, 0.3) is 0 Å². The first-order valence-electron chi connectivity index (χ1n) is 9.75. The molecule has 158 valence electrons. The monoisotopic (exact) mass is 424 g/mol. The van der Waals surface area contributed by atoms with Gasteiger partial charge in [0, 0.05) is 23.3 Å². The van der Waals surface area contributed by atoms with Crippen molar-refractivity contribution in [1.82, 2.24) is 10.3 Å². The number of Topliss-reactive ketones (excluding diaryl/α,β-unsaturated/α-hetero) is 1. The molecule has 2 aromatic carbocycles. The van der Waals surface area contributed by atoms with Crippen molar-refractivity contribution in [2.75, 3.05) is 17.7 Å². The van der Waals surface area contributed by atoms with E-state index in [0.717, 1.165) is 17.4 Å². The van der Waals surface area contributed by atoms with Crippen molar-refractivity contribution in [2.24, 2.45) is 0 Å². The first kappa shape index (κ1) is 19.2. The van der Waals surface area contributed by atoms with E-state index in [0.29, 0.717) is 17.7 Å². The SMILES string of the molecule is COc1ccc([C@@H]2CC(=O)C3=C(C2)Nc2nonc2N[C@H]3c2cccc(F)c2F)cc1. The molecule has 2 N–H and O–H groups in total. The zero-order valence-corrected chi connectivity index (χ0v) is 16.5. The van der Waals surface area contributed by atoms with Crippen molar-refractivity contribution in [1.29, 1.82) is 0 Å². The highest BCUT2D eigenvalue weighted by atomic mass is 19.2. The second-order valence-electron chi connectivity index (χ2n) is 7.50. The van der Waals surface area contributed by atoms with Crippen LogP contribution < -0.4 is 15.4 Å². The van der Waals surface area contributed by atoms with Gasteiger partial charge in [0.2, 0.25) is 11.6 Å². The maximum atomic E-state index is 14.7. The average Bonchev–Trinajstić information content (AvgIpc) is 3.14. The summed E-state index contributed by atoms with van der Waals surface area (Å²) in [6.45, 7) is 0. The van der Waals surface area contributed by atoms with Crippen LogP contribution in [0.5, 0.6) is 5.75 Å². The second-order valence-corrected chi connectivity index (χ2v) is 7.50. The van der Waals surface area contributed by atoms with Crippen molar-refractivity contribution in [3.8, 4) is 5.75 Å². The lowest BCUT2D eigenvalue weighted by atomic mass is 9.78. The number of methoxy groups -OCH3 is 1. The smallest absolute Gasteiger partial charge is 0.219 e. The van der Waals surface area contributed by atoms with E-state index in [4.69, 9.17) is 9.37 Å². The third-order valence-electron chi connectivity index (χ3n) is 5.72. The molecule has 1 aromatic heterocycles. The number of carbonyl (C=O) groups excluding carboxylic acids is 1. The molecule has 0 bridgehead atoms. The Morgan fingerprint density at radius 3 is 2.61 bits per heavy atom. The molecule has 5 rings (SSSR count). The molecule has 7 nitrogen and oxygen atoms in total. The molecule has 0 amide bonds. The molecule has 3 aromatic rings. The van der Waals surface area contributed by atoms with Crippen molar-refractivity contribution in [3.63, 3.8) is 0 Å². The third kappa shape index (κ3) is 3.31. The van der Waals surface area contributed by atoms with Gasteiger partial charge in [-0.25, -0.2) is 13.4 Å². The predicted octanol–water partition coefficient (Wildman–Crippen LogP) is 4.34. The molecular formula is C22H18F2N4O3. The number of benzene rings is 2. The van der Waals surface area contributed by atoms with Crippen LogP contribution in [0.1, 0.15) is 35.9 Å². The van der Waals surface area contributed by atoms with E-state index in [1.54, 1.807) is 7.11 Å². The van der Waals surface area contributed by atoms with Gasteiger partial charge < -0.3 is 15.4 Å². The van der Waals surface area contributed by atoms with E-state index in [-0.39, 0.29) is 35.3 Å². The van der Waals surface area contributed by atoms with Crippen molar-refractivity contribution in [2.45, 2.75) is 24.8 Å². The molecule has 0 spiro atoms. The number of nitrogens with zero attached hydrogens (tertiary/aromatic N) is 2. The summed E-state index contributed by atoms with van der Waals surface area (Å²) in [5.41, 5.74) is 1.91. The minimum atomic E-state index is -1.02. The highest BCUT2D eigenvalue weighted by molar-refractivity contribution is 6.00. The zero-order valence-electron chi connectivity index (χ0n) is 16.5. The second kappa shape index (κ2) is 7.50. The van der Waals surface area contributed by atoms with Crippen molar-refractivity contribution >= 4 is 17.4 Å². The highest BCUT2D eigenvalue weighted by Gasteiger charge is 2.38. The fourth-order valence-electron chi connectivity index (χ4n) is 4.19. The number of hydrogen-bond acceptors (Lipinski definition) is 7. The summed E-state index contributed by atoms with van der Waals surface area (Å²) in [6, 6.07) is 10.5. The van der Waals surface area contributed by atoms with Gasteiger partial charge in [-0.3, -0.25) is 4.79 Å². The maximum absolute atomic E-state index is 14.7. The Kier molecular flexibility index (Phi) is 4.65. The Hall–Kier alpha value is -3.75. The van der Waals surface area contributed by atoms with Crippen LogP contribution in [0, 0.1) is 11.6 Å².